The molecule has 0 saturated carbocycles. The number of carbonyl (C=O) groups is 1. The third kappa shape index (κ3) is 2.38. The molecule has 0 bridgehead atoms. The third-order valence-corrected chi connectivity index (χ3v) is 2.51. The summed E-state index contributed by atoms with van der Waals surface area (Å²) in [7, 11) is 0. The molecule has 0 atom stereocenters. The smallest absolute Gasteiger partial charge is 0.150 e. The van der Waals surface area contributed by atoms with Crippen LogP contribution >= 0.6 is 0 Å². The molecule has 17 heavy (non-hydrogen) atoms. The first-order chi connectivity index (χ1) is 8.10. The van der Waals surface area contributed by atoms with Crippen LogP contribution in [0.3, 0.4) is 0 Å². The van der Waals surface area contributed by atoms with Gasteiger partial charge in [0.05, 0.1) is 0 Å². The number of rotatable bonds is 2. The van der Waals surface area contributed by atoms with Gasteiger partial charge in [0.15, 0.2) is 6.29 Å². The summed E-state index contributed by atoms with van der Waals surface area (Å²) in [5.41, 5.74) is 2.25. The van der Waals surface area contributed by atoms with Crippen molar-refractivity contribution in [3.05, 3.63) is 59.2 Å². The first kappa shape index (κ1) is 11.5. The van der Waals surface area contributed by atoms with E-state index in [0.29, 0.717) is 23.0 Å². The molecule has 0 N–H and O–H groups in total. The van der Waals surface area contributed by atoms with Crippen LogP contribution in [0.5, 0.6) is 0 Å². The quantitative estimate of drug-likeness (QED) is 0.720. The molecule has 0 saturated heterocycles. The number of halogens is 2. The average Bonchev–Trinajstić information content (AvgIpc) is 2.27. The van der Waals surface area contributed by atoms with Gasteiger partial charge in [-0.25, -0.2) is 8.78 Å². The van der Waals surface area contributed by atoms with Gasteiger partial charge in [-0.2, -0.15) is 0 Å². The highest BCUT2D eigenvalue weighted by atomic mass is 19.1. The topological polar surface area (TPSA) is 17.1 Å². The third-order valence-electron chi connectivity index (χ3n) is 2.51. The fourth-order valence-corrected chi connectivity index (χ4v) is 1.73. The Morgan fingerprint density at radius 3 is 2.24 bits per heavy atom. The molecular formula is C14H10F2O. The lowest BCUT2D eigenvalue weighted by Gasteiger charge is -2.07. The second-order valence-corrected chi connectivity index (χ2v) is 3.87. The summed E-state index contributed by atoms with van der Waals surface area (Å²) in [5, 5.41) is 0. The number of carbonyl (C=O) groups excluding carboxylic acids is 1. The lowest BCUT2D eigenvalue weighted by atomic mass is 9.98. The van der Waals surface area contributed by atoms with Crippen LogP contribution in [0.1, 0.15) is 15.9 Å². The Balaban J connectivity index is 2.66. The summed E-state index contributed by atoms with van der Waals surface area (Å²) < 4.78 is 26.2. The molecule has 2 aromatic rings. The van der Waals surface area contributed by atoms with Crippen molar-refractivity contribution in [2.75, 3.05) is 0 Å². The van der Waals surface area contributed by atoms with Crippen molar-refractivity contribution in [2.24, 2.45) is 0 Å². The van der Waals surface area contributed by atoms with Crippen molar-refractivity contribution >= 4 is 6.29 Å². The lowest BCUT2D eigenvalue weighted by Crippen LogP contribution is -1.91. The number of aldehydes is 1. The number of aryl methyl sites for hydroxylation is 1. The molecule has 1 nitrogen and oxygen atoms in total. The molecule has 0 unspecified atom stereocenters. The van der Waals surface area contributed by atoms with Gasteiger partial charge in [-0.3, -0.25) is 4.79 Å². The van der Waals surface area contributed by atoms with E-state index in [1.165, 1.54) is 12.1 Å². The van der Waals surface area contributed by atoms with Crippen LogP contribution in [0.25, 0.3) is 11.1 Å². The van der Waals surface area contributed by atoms with E-state index in [0.717, 1.165) is 11.6 Å². The van der Waals surface area contributed by atoms with E-state index in [2.05, 4.69) is 0 Å². The van der Waals surface area contributed by atoms with Crippen molar-refractivity contribution in [3.8, 4) is 11.1 Å². The lowest BCUT2D eigenvalue weighted by molar-refractivity contribution is 0.112. The number of hydrogen-bond donors (Lipinski definition) is 0. The maximum absolute atomic E-state index is 13.1. The zero-order valence-electron chi connectivity index (χ0n) is 9.21. The van der Waals surface area contributed by atoms with E-state index in [9.17, 15) is 13.6 Å². The van der Waals surface area contributed by atoms with Crippen LogP contribution in [0.2, 0.25) is 0 Å². The monoisotopic (exact) mass is 232 g/mol. The second-order valence-electron chi connectivity index (χ2n) is 3.87. The molecule has 0 radical (unpaired) electrons. The Hall–Kier alpha value is -2.03. The standard InChI is InChI=1S/C14H10F2O/c1-9-2-3-10(8-17)14(4-9)11-5-12(15)7-13(16)6-11/h2-8H,1H3. The Kier molecular flexibility index (Phi) is 3.00. The highest BCUT2D eigenvalue weighted by molar-refractivity contribution is 5.87. The fraction of sp³-hybridized carbons (Fsp3) is 0.0714. The average molecular weight is 232 g/mol. The first-order valence-electron chi connectivity index (χ1n) is 5.12. The van der Waals surface area contributed by atoms with Gasteiger partial charge in [-0.15, -0.1) is 0 Å². The number of hydrogen-bond acceptors (Lipinski definition) is 1. The summed E-state index contributed by atoms with van der Waals surface area (Å²) in [6, 6.07) is 8.39. The van der Waals surface area contributed by atoms with E-state index in [4.69, 9.17) is 0 Å². The highest BCUT2D eigenvalue weighted by Gasteiger charge is 2.08. The molecule has 3 heteroatoms. The van der Waals surface area contributed by atoms with Crippen LogP contribution in [0.15, 0.2) is 36.4 Å². The second kappa shape index (κ2) is 4.45. The molecule has 0 aliphatic heterocycles. The van der Waals surface area contributed by atoms with Gasteiger partial charge in [0, 0.05) is 11.6 Å². The Morgan fingerprint density at radius 2 is 1.65 bits per heavy atom. The van der Waals surface area contributed by atoms with Crippen molar-refractivity contribution < 1.29 is 13.6 Å². The van der Waals surface area contributed by atoms with E-state index < -0.39 is 11.6 Å². The molecule has 0 amide bonds. The minimum absolute atomic E-state index is 0.369. The minimum atomic E-state index is -0.654. The van der Waals surface area contributed by atoms with Gasteiger partial charge >= 0.3 is 0 Å². The fourth-order valence-electron chi connectivity index (χ4n) is 1.73. The Morgan fingerprint density at radius 1 is 1.00 bits per heavy atom. The summed E-state index contributed by atoms with van der Waals surface area (Å²) in [6.45, 7) is 1.85. The molecule has 0 heterocycles. The van der Waals surface area contributed by atoms with Crippen LogP contribution in [0, 0.1) is 18.6 Å². The van der Waals surface area contributed by atoms with Gasteiger partial charge in [0.1, 0.15) is 11.6 Å². The SMILES string of the molecule is Cc1ccc(C=O)c(-c2cc(F)cc(F)c2)c1. The first-order valence-corrected chi connectivity index (χ1v) is 5.12. The summed E-state index contributed by atoms with van der Waals surface area (Å²) in [5.74, 6) is -1.31. The summed E-state index contributed by atoms with van der Waals surface area (Å²) >= 11 is 0. The van der Waals surface area contributed by atoms with E-state index in [1.54, 1.807) is 18.2 Å². The van der Waals surface area contributed by atoms with E-state index in [1.807, 2.05) is 6.92 Å². The highest BCUT2D eigenvalue weighted by Crippen LogP contribution is 2.25. The Bertz CT molecular complexity index is 556. The maximum atomic E-state index is 13.1. The van der Waals surface area contributed by atoms with E-state index in [-0.39, 0.29) is 0 Å². The van der Waals surface area contributed by atoms with Gasteiger partial charge in [-0.05, 0) is 30.2 Å². The van der Waals surface area contributed by atoms with Crippen molar-refractivity contribution in [1.29, 1.82) is 0 Å². The van der Waals surface area contributed by atoms with Crippen molar-refractivity contribution in [2.45, 2.75) is 6.92 Å². The molecule has 0 spiro atoms. The summed E-state index contributed by atoms with van der Waals surface area (Å²) in [4.78, 5) is 10.9. The summed E-state index contributed by atoms with van der Waals surface area (Å²) in [6.07, 6.45) is 0.678. The van der Waals surface area contributed by atoms with Crippen molar-refractivity contribution in [1.82, 2.24) is 0 Å². The van der Waals surface area contributed by atoms with Gasteiger partial charge < -0.3 is 0 Å². The Labute approximate surface area is 97.7 Å². The van der Waals surface area contributed by atoms with Crippen molar-refractivity contribution in [3.63, 3.8) is 0 Å². The van der Waals surface area contributed by atoms with Crippen LogP contribution in [-0.4, -0.2) is 6.29 Å². The number of benzene rings is 2. The minimum Gasteiger partial charge on any atom is -0.298 e. The largest absolute Gasteiger partial charge is 0.298 e. The molecule has 0 aliphatic carbocycles. The van der Waals surface area contributed by atoms with Gasteiger partial charge in [-0.1, -0.05) is 23.8 Å². The maximum Gasteiger partial charge on any atom is 0.150 e. The van der Waals surface area contributed by atoms with Gasteiger partial charge in [0.2, 0.25) is 0 Å². The predicted octanol–water partition coefficient (Wildman–Crippen LogP) is 3.75. The molecule has 2 rings (SSSR count). The zero-order chi connectivity index (χ0) is 12.4. The molecule has 0 aliphatic rings. The van der Waals surface area contributed by atoms with Crippen LogP contribution in [0.4, 0.5) is 8.78 Å². The predicted molar refractivity (Wildman–Crippen MR) is 61.9 cm³/mol. The molecule has 0 aromatic heterocycles. The molecule has 86 valence electrons. The zero-order valence-corrected chi connectivity index (χ0v) is 9.21. The van der Waals surface area contributed by atoms with Gasteiger partial charge in [0.25, 0.3) is 0 Å². The molecular weight excluding hydrogens is 222 g/mol. The normalized spacial score (nSPS) is 10.3. The van der Waals surface area contributed by atoms with Crippen LogP contribution in [-0.2, 0) is 0 Å². The van der Waals surface area contributed by atoms with Crippen LogP contribution < -0.4 is 0 Å². The molecule has 0 fully saturated rings. The van der Waals surface area contributed by atoms with E-state index >= 15 is 0 Å². The molecule has 2 aromatic carbocycles.